The first-order valence-electron chi connectivity index (χ1n) is 6.42. The lowest BCUT2D eigenvalue weighted by atomic mass is 10.2. The Balaban J connectivity index is 1.87. The van der Waals surface area contributed by atoms with E-state index in [9.17, 15) is 9.59 Å². The lowest BCUT2D eigenvalue weighted by molar-refractivity contribution is -0.144. The molecular formula is C13H15N5O3. The van der Waals surface area contributed by atoms with Crippen molar-refractivity contribution in [3.05, 3.63) is 36.3 Å². The van der Waals surface area contributed by atoms with Crippen LogP contribution in [0, 0.1) is 0 Å². The minimum Gasteiger partial charge on any atom is -0.465 e. The van der Waals surface area contributed by atoms with Crippen molar-refractivity contribution in [1.82, 2.24) is 20.0 Å². The fraction of sp³-hybridized carbons (Fsp3) is 0.308. The van der Waals surface area contributed by atoms with Gasteiger partial charge in [0.1, 0.15) is 6.54 Å². The Kier molecular flexibility index (Phi) is 4.97. The topological polar surface area (TPSA) is 99.0 Å². The van der Waals surface area contributed by atoms with Crippen LogP contribution in [0.15, 0.2) is 30.7 Å². The molecule has 1 amide bonds. The van der Waals surface area contributed by atoms with Gasteiger partial charge in [-0.25, -0.2) is 4.68 Å². The Morgan fingerprint density at radius 3 is 3.00 bits per heavy atom. The molecule has 0 bridgehead atoms. The molecule has 0 saturated heterocycles. The number of pyridine rings is 1. The number of ether oxygens (including phenoxy) is 1. The number of carbonyl (C=O) groups excluding carboxylic acids is 2. The maximum absolute atomic E-state index is 11.8. The quantitative estimate of drug-likeness (QED) is 0.774. The van der Waals surface area contributed by atoms with Gasteiger partial charge in [0.2, 0.25) is 5.91 Å². The fourth-order valence-corrected chi connectivity index (χ4v) is 1.65. The van der Waals surface area contributed by atoms with E-state index in [4.69, 9.17) is 4.74 Å². The third-order valence-corrected chi connectivity index (χ3v) is 2.49. The Hall–Kier alpha value is -2.77. The van der Waals surface area contributed by atoms with E-state index in [-0.39, 0.29) is 24.7 Å². The van der Waals surface area contributed by atoms with Crippen LogP contribution in [-0.4, -0.2) is 38.5 Å². The van der Waals surface area contributed by atoms with Crippen LogP contribution in [0.4, 0.5) is 5.82 Å². The number of hydrogen-bond acceptors (Lipinski definition) is 6. The normalized spacial score (nSPS) is 10.1. The Bertz CT molecular complexity index is 611. The van der Waals surface area contributed by atoms with E-state index in [1.807, 2.05) is 6.07 Å². The molecule has 0 radical (unpaired) electrons. The summed E-state index contributed by atoms with van der Waals surface area (Å²) < 4.78 is 6.10. The standard InChI is InChI=1S/C13H15N5O3/c1-2-21-13(20)9-18-8-11(16-17-18)15-12(19)6-10-4-3-5-14-7-10/h3-5,7-8H,2,6,9H2,1H3,(H,15,19). The zero-order chi connectivity index (χ0) is 15.1. The lowest BCUT2D eigenvalue weighted by Crippen LogP contribution is -2.15. The highest BCUT2D eigenvalue weighted by atomic mass is 16.5. The van der Waals surface area contributed by atoms with Crippen LogP contribution in [0.2, 0.25) is 0 Å². The molecule has 1 N–H and O–H groups in total. The number of rotatable bonds is 6. The van der Waals surface area contributed by atoms with Crippen molar-refractivity contribution in [2.75, 3.05) is 11.9 Å². The third kappa shape index (κ3) is 4.68. The zero-order valence-electron chi connectivity index (χ0n) is 11.5. The summed E-state index contributed by atoms with van der Waals surface area (Å²) in [5, 5.41) is 10.1. The largest absolute Gasteiger partial charge is 0.465 e. The zero-order valence-corrected chi connectivity index (χ0v) is 11.5. The van der Waals surface area contributed by atoms with Gasteiger partial charge < -0.3 is 10.1 Å². The Morgan fingerprint density at radius 2 is 2.29 bits per heavy atom. The van der Waals surface area contributed by atoms with E-state index in [0.717, 1.165) is 5.56 Å². The molecule has 8 nitrogen and oxygen atoms in total. The SMILES string of the molecule is CCOC(=O)Cn1cc(NC(=O)Cc2cccnc2)nn1. The molecule has 0 saturated carbocycles. The number of nitrogens with one attached hydrogen (secondary N) is 1. The minimum atomic E-state index is -0.407. The maximum Gasteiger partial charge on any atom is 0.327 e. The van der Waals surface area contributed by atoms with Gasteiger partial charge in [0, 0.05) is 12.4 Å². The molecule has 21 heavy (non-hydrogen) atoms. The number of amides is 1. The van der Waals surface area contributed by atoms with Gasteiger partial charge in [-0.2, -0.15) is 0 Å². The summed E-state index contributed by atoms with van der Waals surface area (Å²) in [4.78, 5) is 27.0. The van der Waals surface area contributed by atoms with Gasteiger partial charge in [0.05, 0.1) is 19.2 Å². The molecular weight excluding hydrogens is 274 g/mol. The molecule has 0 atom stereocenters. The number of hydrogen-bond donors (Lipinski definition) is 1. The molecule has 2 heterocycles. The molecule has 0 aliphatic rings. The summed E-state index contributed by atoms with van der Waals surface area (Å²) in [6, 6.07) is 3.57. The van der Waals surface area contributed by atoms with Crippen LogP contribution in [0.3, 0.4) is 0 Å². The van der Waals surface area contributed by atoms with E-state index in [0.29, 0.717) is 6.61 Å². The summed E-state index contributed by atoms with van der Waals surface area (Å²) in [6.07, 6.45) is 4.93. The number of aromatic nitrogens is 4. The molecule has 0 unspecified atom stereocenters. The lowest BCUT2D eigenvalue weighted by Gasteiger charge is -2.01. The van der Waals surface area contributed by atoms with E-state index >= 15 is 0 Å². The highest BCUT2D eigenvalue weighted by Gasteiger charge is 2.09. The fourth-order valence-electron chi connectivity index (χ4n) is 1.65. The van der Waals surface area contributed by atoms with Crippen molar-refractivity contribution < 1.29 is 14.3 Å². The first-order valence-corrected chi connectivity index (χ1v) is 6.42. The van der Waals surface area contributed by atoms with Gasteiger partial charge in [0.15, 0.2) is 5.82 Å². The van der Waals surface area contributed by atoms with E-state index in [1.165, 1.54) is 10.9 Å². The molecule has 8 heteroatoms. The van der Waals surface area contributed by atoms with Crippen molar-refractivity contribution in [3.8, 4) is 0 Å². The van der Waals surface area contributed by atoms with Crippen LogP contribution >= 0.6 is 0 Å². The monoisotopic (exact) mass is 289 g/mol. The predicted octanol–water partition coefficient (Wildman–Crippen LogP) is 0.417. The summed E-state index contributed by atoms with van der Waals surface area (Å²) in [7, 11) is 0. The minimum absolute atomic E-state index is 0.0423. The van der Waals surface area contributed by atoms with Crippen LogP contribution in [0.1, 0.15) is 12.5 Å². The maximum atomic E-state index is 11.8. The van der Waals surface area contributed by atoms with Crippen molar-refractivity contribution in [3.63, 3.8) is 0 Å². The molecule has 0 aromatic carbocycles. The molecule has 110 valence electrons. The molecule has 2 rings (SSSR count). The summed E-state index contributed by atoms with van der Waals surface area (Å²) in [5.74, 6) is -0.352. The predicted molar refractivity (Wildman–Crippen MR) is 73.2 cm³/mol. The molecule has 0 spiro atoms. The highest BCUT2D eigenvalue weighted by molar-refractivity contribution is 5.91. The van der Waals surface area contributed by atoms with Crippen molar-refractivity contribution in [1.29, 1.82) is 0 Å². The van der Waals surface area contributed by atoms with Crippen molar-refractivity contribution >= 4 is 17.7 Å². The summed E-state index contributed by atoms with van der Waals surface area (Å²) >= 11 is 0. The van der Waals surface area contributed by atoms with Gasteiger partial charge in [-0.05, 0) is 18.6 Å². The van der Waals surface area contributed by atoms with Gasteiger partial charge in [-0.1, -0.05) is 11.3 Å². The van der Waals surface area contributed by atoms with Gasteiger partial charge >= 0.3 is 5.97 Å². The number of carbonyl (C=O) groups is 2. The second kappa shape index (κ2) is 7.13. The van der Waals surface area contributed by atoms with Gasteiger partial charge in [0.25, 0.3) is 0 Å². The number of anilines is 1. The van der Waals surface area contributed by atoms with Gasteiger partial charge in [-0.15, -0.1) is 5.10 Å². The van der Waals surface area contributed by atoms with E-state index < -0.39 is 5.97 Å². The van der Waals surface area contributed by atoms with Crippen molar-refractivity contribution in [2.45, 2.75) is 19.9 Å². The Morgan fingerprint density at radius 1 is 1.43 bits per heavy atom. The van der Waals surface area contributed by atoms with E-state index in [2.05, 4.69) is 20.6 Å². The molecule has 0 aliphatic heterocycles. The smallest absolute Gasteiger partial charge is 0.327 e. The molecule has 0 aliphatic carbocycles. The highest BCUT2D eigenvalue weighted by Crippen LogP contribution is 2.03. The van der Waals surface area contributed by atoms with Crippen LogP contribution < -0.4 is 5.32 Å². The average molecular weight is 289 g/mol. The second-order valence-corrected chi connectivity index (χ2v) is 4.19. The third-order valence-electron chi connectivity index (χ3n) is 2.49. The van der Waals surface area contributed by atoms with Crippen LogP contribution in [0.25, 0.3) is 0 Å². The molecule has 2 aromatic rings. The van der Waals surface area contributed by atoms with Gasteiger partial charge in [-0.3, -0.25) is 14.6 Å². The summed E-state index contributed by atoms with van der Waals surface area (Å²) in [5.41, 5.74) is 0.800. The van der Waals surface area contributed by atoms with Crippen molar-refractivity contribution in [2.24, 2.45) is 0 Å². The second-order valence-electron chi connectivity index (χ2n) is 4.19. The van der Waals surface area contributed by atoms with Crippen LogP contribution in [0.5, 0.6) is 0 Å². The Labute approximate surface area is 121 Å². The average Bonchev–Trinajstić information content (AvgIpc) is 2.87. The number of esters is 1. The summed E-state index contributed by atoms with van der Waals surface area (Å²) in [6.45, 7) is 1.99. The van der Waals surface area contributed by atoms with Crippen LogP contribution in [-0.2, 0) is 27.3 Å². The first kappa shape index (κ1) is 14.6. The first-order chi connectivity index (χ1) is 10.2. The molecule has 0 fully saturated rings. The van der Waals surface area contributed by atoms with E-state index in [1.54, 1.807) is 25.4 Å². The number of nitrogens with zero attached hydrogens (tertiary/aromatic N) is 4. The molecule has 2 aromatic heterocycles.